The summed E-state index contributed by atoms with van der Waals surface area (Å²) < 4.78 is 5.94. The fourth-order valence-corrected chi connectivity index (χ4v) is 3.07. The van der Waals surface area contributed by atoms with Crippen molar-refractivity contribution in [1.82, 2.24) is 18.7 Å². The molecule has 0 spiro atoms. The van der Waals surface area contributed by atoms with Crippen LogP contribution in [0.25, 0.3) is 15.7 Å². The fourth-order valence-electron chi connectivity index (χ4n) is 1.46. The van der Waals surface area contributed by atoms with Crippen molar-refractivity contribution in [2.24, 2.45) is 0 Å². The number of rotatable bonds is 2. The zero-order chi connectivity index (χ0) is 11.1. The maximum atomic E-state index is 10.9. The molecule has 0 aliphatic carbocycles. The lowest BCUT2D eigenvalue weighted by molar-refractivity contribution is 0.111. The first-order valence-corrected chi connectivity index (χ1v) is 6.15. The molecule has 0 bridgehead atoms. The van der Waals surface area contributed by atoms with E-state index in [0.29, 0.717) is 5.69 Å². The Labute approximate surface area is 98.6 Å². The van der Waals surface area contributed by atoms with Crippen LogP contribution in [0.2, 0.25) is 0 Å². The summed E-state index contributed by atoms with van der Waals surface area (Å²) in [6.45, 7) is 1.85. The fraction of sp³-hybridized carbons (Fsp3) is 0.111. The van der Waals surface area contributed by atoms with Crippen LogP contribution in [0.4, 0.5) is 0 Å². The number of hydrogen-bond donors (Lipinski definition) is 0. The van der Waals surface area contributed by atoms with Crippen molar-refractivity contribution in [3.8, 4) is 10.7 Å². The van der Waals surface area contributed by atoms with Crippen LogP contribution >= 0.6 is 22.9 Å². The summed E-state index contributed by atoms with van der Waals surface area (Å²) in [5.74, 6) is 0.743. The second-order valence-electron chi connectivity index (χ2n) is 3.19. The molecule has 0 unspecified atom stereocenters. The molecule has 80 valence electrons. The number of nitrogens with zero attached hydrogens (tertiary/aromatic N) is 4. The number of aryl methyl sites for hydroxylation is 1. The van der Waals surface area contributed by atoms with E-state index in [4.69, 9.17) is 0 Å². The minimum Gasteiger partial charge on any atom is -0.296 e. The number of thiazole rings is 1. The number of fused-ring (bicyclic) bond motifs is 1. The van der Waals surface area contributed by atoms with E-state index in [-0.39, 0.29) is 0 Å². The third-order valence-corrected chi connectivity index (χ3v) is 3.81. The molecule has 0 saturated heterocycles. The minimum atomic E-state index is 0.541. The van der Waals surface area contributed by atoms with Gasteiger partial charge in [-0.15, -0.1) is 11.3 Å². The van der Waals surface area contributed by atoms with Crippen molar-refractivity contribution in [2.45, 2.75) is 6.92 Å². The monoisotopic (exact) mass is 250 g/mol. The summed E-state index contributed by atoms with van der Waals surface area (Å²) in [5.41, 5.74) is 1.42. The van der Waals surface area contributed by atoms with Crippen LogP contribution in [0.15, 0.2) is 11.6 Å². The number of aromatic nitrogens is 4. The molecule has 0 aromatic carbocycles. The molecule has 0 N–H and O–H groups in total. The van der Waals surface area contributed by atoms with Gasteiger partial charge in [0.1, 0.15) is 11.5 Å². The van der Waals surface area contributed by atoms with Gasteiger partial charge in [0.05, 0.1) is 11.9 Å². The summed E-state index contributed by atoms with van der Waals surface area (Å²) in [7, 11) is 0. The van der Waals surface area contributed by atoms with E-state index in [1.165, 1.54) is 22.9 Å². The van der Waals surface area contributed by atoms with Crippen LogP contribution in [-0.2, 0) is 0 Å². The van der Waals surface area contributed by atoms with Gasteiger partial charge in [-0.25, -0.2) is 9.97 Å². The minimum absolute atomic E-state index is 0.541. The average molecular weight is 250 g/mol. The Bertz CT molecular complexity index is 666. The van der Waals surface area contributed by atoms with Gasteiger partial charge in [0.15, 0.2) is 16.3 Å². The zero-order valence-corrected chi connectivity index (χ0v) is 9.88. The number of hydrogen-bond acceptors (Lipinski definition) is 6. The van der Waals surface area contributed by atoms with E-state index >= 15 is 0 Å². The smallest absolute Gasteiger partial charge is 0.194 e. The van der Waals surface area contributed by atoms with Crippen molar-refractivity contribution in [1.29, 1.82) is 0 Å². The maximum absolute atomic E-state index is 10.9. The molecule has 3 rings (SSSR count). The first-order chi connectivity index (χ1) is 7.79. The molecule has 3 aromatic heterocycles. The summed E-state index contributed by atoms with van der Waals surface area (Å²) in [6, 6.07) is 0. The quantitative estimate of drug-likeness (QED) is 0.653. The van der Waals surface area contributed by atoms with E-state index in [1.807, 2.05) is 12.3 Å². The lowest BCUT2D eigenvalue weighted by Crippen LogP contribution is -1.90. The van der Waals surface area contributed by atoms with Crippen molar-refractivity contribution in [3.63, 3.8) is 0 Å². The third-order valence-electron chi connectivity index (χ3n) is 2.14. The molecule has 0 atom stereocenters. The van der Waals surface area contributed by atoms with Gasteiger partial charge in [0.2, 0.25) is 0 Å². The summed E-state index contributed by atoms with van der Waals surface area (Å²) >= 11 is 2.81. The molecule has 0 saturated carbocycles. The van der Waals surface area contributed by atoms with Crippen LogP contribution in [0.1, 0.15) is 16.3 Å². The van der Waals surface area contributed by atoms with Crippen LogP contribution in [0.3, 0.4) is 0 Å². The second kappa shape index (κ2) is 3.46. The molecule has 5 nitrogen and oxygen atoms in total. The maximum Gasteiger partial charge on any atom is 0.194 e. The molecule has 0 fully saturated rings. The molecule has 0 amide bonds. The Morgan fingerprint density at radius 2 is 2.38 bits per heavy atom. The normalized spacial score (nSPS) is 11.1. The molecule has 3 aromatic rings. The average Bonchev–Trinajstić information content (AvgIpc) is 2.92. The Kier molecular flexibility index (Phi) is 2.08. The van der Waals surface area contributed by atoms with Crippen molar-refractivity contribution in [3.05, 3.63) is 23.1 Å². The summed E-state index contributed by atoms with van der Waals surface area (Å²) in [6.07, 6.45) is 2.36. The Hall–Kier alpha value is -1.60. The Morgan fingerprint density at radius 1 is 1.50 bits per heavy atom. The van der Waals surface area contributed by atoms with E-state index in [2.05, 4.69) is 14.3 Å². The predicted molar refractivity (Wildman–Crippen MR) is 62.1 cm³/mol. The lowest BCUT2D eigenvalue weighted by atomic mass is 10.4. The largest absolute Gasteiger partial charge is 0.296 e. The standard InChI is InChI=1S/C9H6N4OS2/c1-5-11-8(16-12-5)7-4-15-9-10-2-6(3-14)13(7)9/h2-4H,1H3. The first kappa shape index (κ1) is 9.61. The predicted octanol–water partition coefficient (Wildman–Crippen LogP) is 2.04. The van der Waals surface area contributed by atoms with Gasteiger partial charge >= 0.3 is 0 Å². The molecular formula is C9H6N4OS2. The van der Waals surface area contributed by atoms with Gasteiger partial charge in [0, 0.05) is 5.38 Å². The highest BCUT2D eigenvalue weighted by molar-refractivity contribution is 7.16. The Morgan fingerprint density at radius 3 is 3.06 bits per heavy atom. The summed E-state index contributed by atoms with van der Waals surface area (Å²) in [5, 5.41) is 2.75. The molecule has 0 aliphatic heterocycles. The molecule has 3 heterocycles. The topological polar surface area (TPSA) is 60.2 Å². The highest BCUT2D eigenvalue weighted by atomic mass is 32.1. The number of carbonyl (C=O) groups is 1. The zero-order valence-electron chi connectivity index (χ0n) is 8.25. The highest BCUT2D eigenvalue weighted by Crippen LogP contribution is 2.27. The molecule has 16 heavy (non-hydrogen) atoms. The van der Waals surface area contributed by atoms with Gasteiger partial charge in [-0.05, 0) is 18.5 Å². The number of imidazole rings is 1. The molecular weight excluding hydrogens is 244 g/mol. The van der Waals surface area contributed by atoms with Crippen molar-refractivity contribution < 1.29 is 4.79 Å². The van der Waals surface area contributed by atoms with Crippen LogP contribution in [0, 0.1) is 6.92 Å². The number of aldehydes is 1. The van der Waals surface area contributed by atoms with Crippen LogP contribution < -0.4 is 0 Å². The molecule has 7 heteroatoms. The van der Waals surface area contributed by atoms with Crippen LogP contribution in [-0.4, -0.2) is 25.0 Å². The van der Waals surface area contributed by atoms with Gasteiger partial charge in [0.25, 0.3) is 0 Å². The molecule has 0 aliphatic rings. The van der Waals surface area contributed by atoms with E-state index < -0.39 is 0 Å². The second-order valence-corrected chi connectivity index (χ2v) is 4.77. The van der Waals surface area contributed by atoms with Crippen molar-refractivity contribution >= 4 is 34.1 Å². The SMILES string of the molecule is Cc1nsc(-c2csc3ncc(C=O)n23)n1. The first-order valence-electron chi connectivity index (χ1n) is 4.50. The summed E-state index contributed by atoms with van der Waals surface area (Å²) in [4.78, 5) is 20.1. The van der Waals surface area contributed by atoms with Gasteiger partial charge < -0.3 is 0 Å². The van der Waals surface area contributed by atoms with Gasteiger partial charge in [-0.1, -0.05) is 0 Å². The van der Waals surface area contributed by atoms with E-state index in [9.17, 15) is 4.79 Å². The third kappa shape index (κ3) is 1.29. The van der Waals surface area contributed by atoms with Crippen LogP contribution in [0.5, 0.6) is 0 Å². The Balaban J connectivity index is 2.30. The van der Waals surface area contributed by atoms with Crippen molar-refractivity contribution in [2.75, 3.05) is 0 Å². The molecule has 0 radical (unpaired) electrons. The van der Waals surface area contributed by atoms with E-state index in [1.54, 1.807) is 10.6 Å². The number of carbonyl (C=O) groups excluding carboxylic acids is 1. The lowest BCUT2D eigenvalue weighted by Gasteiger charge is -1.93. The van der Waals surface area contributed by atoms with Gasteiger partial charge in [-0.3, -0.25) is 9.20 Å². The van der Waals surface area contributed by atoms with E-state index in [0.717, 1.165) is 27.8 Å². The van der Waals surface area contributed by atoms with Gasteiger partial charge in [-0.2, -0.15) is 4.37 Å². The highest BCUT2D eigenvalue weighted by Gasteiger charge is 2.14.